The molecule has 0 aliphatic rings. The van der Waals surface area contributed by atoms with Crippen LogP contribution in [0.1, 0.15) is 49.0 Å². The number of anilines is 1. The molecule has 2 rings (SSSR count). The number of carbonyl (C=O) groups excluding carboxylic acids is 2. The third-order valence-corrected chi connectivity index (χ3v) is 5.91. The molecule has 0 aromatic heterocycles. The quantitative estimate of drug-likeness (QED) is 0.216. The van der Waals surface area contributed by atoms with Crippen molar-refractivity contribution in [3.63, 3.8) is 0 Å². The number of rotatable bonds is 14. The Balaban J connectivity index is 1.98. The van der Waals surface area contributed by atoms with Crippen molar-refractivity contribution in [1.29, 1.82) is 0 Å². The molecule has 0 atom stereocenters. The van der Waals surface area contributed by atoms with Crippen LogP contribution in [0.4, 0.5) is 5.69 Å². The van der Waals surface area contributed by atoms with Gasteiger partial charge in [0, 0.05) is 12.8 Å². The van der Waals surface area contributed by atoms with Crippen LogP contribution in [-0.2, 0) is 34.3 Å². The molecule has 2 aromatic carbocycles. The number of phosphoric acid groups is 1. The van der Waals surface area contributed by atoms with E-state index in [1.807, 2.05) is 0 Å². The van der Waals surface area contributed by atoms with Crippen molar-refractivity contribution in [2.75, 3.05) is 18.5 Å². The summed E-state index contributed by atoms with van der Waals surface area (Å²) in [7, 11) is -3.64. The van der Waals surface area contributed by atoms with Crippen molar-refractivity contribution in [1.82, 2.24) is 0 Å². The summed E-state index contributed by atoms with van der Waals surface area (Å²) < 4.78 is 33.2. The van der Waals surface area contributed by atoms with Gasteiger partial charge in [-0.25, -0.2) is 9.36 Å². The lowest BCUT2D eigenvalue weighted by molar-refractivity contribution is -0.137. The third kappa shape index (κ3) is 9.07. The molecular weight excluding hydrogens is 465 g/mol. The fourth-order valence-electron chi connectivity index (χ4n) is 2.78. The Morgan fingerprint density at radius 3 is 2.18 bits per heavy atom. The van der Waals surface area contributed by atoms with Gasteiger partial charge in [-0.3, -0.25) is 23.2 Å². The molecule has 184 valence electrons. The zero-order valence-electron chi connectivity index (χ0n) is 19.0. The lowest BCUT2D eigenvalue weighted by atomic mass is 10.1. The molecule has 0 unspecified atom stereocenters. The molecule has 0 bridgehead atoms. The largest absolute Gasteiger partial charge is 0.481 e. The Kier molecular flexibility index (Phi) is 10.9. The molecule has 0 fully saturated rings. The standard InChI is InChI=1S/C23H28NO9P/c1-3-30-34(29,31-4-2)32-16-17-12-14-18(15-13-17)33-23(28)19-8-5-6-9-20(19)24-21(25)10-7-11-22(26)27/h5-6,8-9,12-15H,3-4,7,10-11,16H2,1-2H3,(H,24,25)(H,26,27). The van der Waals surface area contributed by atoms with E-state index in [4.69, 9.17) is 23.4 Å². The van der Waals surface area contributed by atoms with Crippen molar-refractivity contribution < 1.29 is 42.4 Å². The second-order valence-corrected chi connectivity index (χ2v) is 8.60. The highest BCUT2D eigenvalue weighted by molar-refractivity contribution is 7.48. The summed E-state index contributed by atoms with van der Waals surface area (Å²) in [6.45, 7) is 3.69. The number of aliphatic carboxylic acids is 1. The first-order valence-corrected chi connectivity index (χ1v) is 12.2. The van der Waals surface area contributed by atoms with E-state index in [1.54, 1.807) is 56.3 Å². The highest BCUT2D eigenvalue weighted by atomic mass is 31.2. The van der Waals surface area contributed by atoms with Crippen molar-refractivity contribution >= 4 is 31.4 Å². The predicted molar refractivity (Wildman–Crippen MR) is 124 cm³/mol. The van der Waals surface area contributed by atoms with E-state index in [1.165, 1.54) is 6.07 Å². The minimum atomic E-state index is -3.64. The maximum absolute atomic E-state index is 12.7. The zero-order valence-corrected chi connectivity index (χ0v) is 19.9. The van der Waals surface area contributed by atoms with Crippen LogP contribution < -0.4 is 10.1 Å². The number of ether oxygens (including phenoxy) is 1. The van der Waals surface area contributed by atoms with E-state index in [2.05, 4.69) is 5.32 Å². The molecule has 11 heteroatoms. The lowest BCUT2D eigenvalue weighted by Gasteiger charge is -2.16. The number of hydrogen-bond acceptors (Lipinski definition) is 8. The monoisotopic (exact) mass is 493 g/mol. The average Bonchev–Trinajstić information content (AvgIpc) is 2.79. The van der Waals surface area contributed by atoms with E-state index < -0.39 is 25.7 Å². The molecule has 0 saturated carbocycles. The van der Waals surface area contributed by atoms with Crippen LogP contribution in [0.25, 0.3) is 0 Å². The molecule has 2 N–H and O–H groups in total. The molecule has 0 saturated heterocycles. The fraction of sp³-hybridized carbons (Fsp3) is 0.348. The number of carboxylic acid groups (broad SMARTS) is 1. The van der Waals surface area contributed by atoms with Gasteiger partial charge in [-0.2, -0.15) is 0 Å². The number of hydrogen-bond donors (Lipinski definition) is 2. The molecular formula is C23H28NO9P. The van der Waals surface area contributed by atoms with E-state index >= 15 is 0 Å². The number of carboxylic acids is 1. The van der Waals surface area contributed by atoms with Gasteiger partial charge < -0.3 is 15.2 Å². The Hall–Kier alpha value is -3.04. The van der Waals surface area contributed by atoms with Gasteiger partial charge in [0.2, 0.25) is 5.91 Å². The van der Waals surface area contributed by atoms with Crippen molar-refractivity contribution in [2.45, 2.75) is 39.7 Å². The van der Waals surface area contributed by atoms with Gasteiger partial charge in [-0.1, -0.05) is 24.3 Å². The van der Waals surface area contributed by atoms with Crippen LogP contribution in [0.2, 0.25) is 0 Å². The van der Waals surface area contributed by atoms with Crippen LogP contribution >= 0.6 is 7.82 Å². The molecule has 0 radical (unpaired) electrons. The summed E-state index contributed by atoms with van der Waals surface area (Å²) in [5.41, 5.74) is 1.07. The van der Waals surface area contributed by atoms with Gasteiger partial charge in [0.05, 0.1) is 31.1 Å². The van der Waals surface area contributed by atoms with E-state index in [-0.39, 0.29) is 56.1 Å². The number of para-hydroxylation sites is 1. The first-order valence-electron chi connectivity index (χ1n) is 10.7. The smallest absolute Gasteiger partial charge is 0.475 e. The van der Waals surface area contributed by atoms with Crippen LogP contribution in [0.5, 0.6) is 5.75 Å². The second kappa shape index (κ2) is 13.6. The minimum absolute atomic E-state index is 0.0126. The molecule has 34 heavy (non-hydrogen) atoms. The molecule has 2 aromatic rings. The van der Waals surface area contributed by atoms with Gasteiger partial charge in [0.15, 0.2) is 0 Å². The lowest BCUT2D eigenvalue weighted by Crippen LogP contribution is -2.17. The van der Waals surface area contributed by atoms with Gasteiger partial charge in [0.25, 0.3) is 0 Å². The molecule has 0 aliphatic carbocycles. The number of nitrogens with one attached hydrogen (secondary N) is 1. The fourth-order valence-corrected chi connectivity index (χ4v) is 3.94. The third-order valence-electron chi connectivity index (χ3n) is 4.31. The van der Waals surface area contributed by atoms with Crippen molar-refractivity contribution in [3.8, 4) is 5.75 Å². The SMILES string of the molecule is CCOP(=O)(OCC)OCc1ccc(OC(=O)c2ccccc2NC(=O)CCCC(=O)O)cc1. The number of phosphoric ester groups is 1. The van der Waals surface area contributed by atoms with Crippen LogP contribution in [0, 0.1) is 0 Å². The van der Waals surface area contributed by atoms with Gasteiger partial charge >= 0.3 is 19.8 Å². The Labute approximate surface area is 197 Å². The van der Waals surface area contributed by atoms with Crippen LogP contribution in [0.3, 0.4) is 0 Å². The first-order chi connectivity index (χ1) is 16.3. The van der Waals surface area contributed by atoms with E-state index in [9.17, 15) is 18.9 Å². The van der Waals surface area contributed by atoms with Gasteiger partial charge in [-0.05, 0) is 50.1 Å². The van der Waals surface area contributed by atoms with E-state index in [0.29, 0.717) is 5.56 Å². The number of carbonyl (C=O) groups is 3. The Bertz CT molecular complexity index is 1010. The maximum Gasteiger partial charge on any atom is 0.475 e. The van der Waals surface area contributed by atoms with Gasteiger partial charge in [-0.15, -0.1) is 0 Å². The number of amides is 1. The molecule has 0 spiro atoms. The maximum atomic E-state index is 12.7. The normalized spacial score (nSPS) is 11.1. The van der Waals surface area contributed by atoms with Crippen molar-refractivity contribution in [2.24, 2.45) is 0 Å². The second-order valence-electron chi connectivity index (χ2n) is 6.93. The molecule has 0 aliphatic heterocycles. The molecule has 0 heterocycles. The van der Waals surface area contributed by atoms with Gasteiger partial charge in [0.1, 0.15) is 5.75 Å². The number of benzene rings is 2. The van der Waals surface area contributed by atoms with Crippen molar-refractivity contribution in [3.05, 3.63) is 59.7 Å². The van der Waals surface area contributed by atoms with E-state index in [0.717, 1.165) is 0 Å². The number of esters is 1. The Morgan fingerprint density at radius 2 is 1.56 bits per heavy atom. The summed E-state index contributed by atoms with van der Waals surface area (Å²) in [6.07, 6.45) is 0.0835. The topological polar surface area (TPSA) is 137 Å². The summed E-state index contributed by atoms with van der Waals surface area (Å²) in [4.78, 5) is 35.3. The average molecular weight is 493 g/mol. The first kappa shape index (κ1) is 27.2. The summed E-state index contributed by atoms with van der Waals surface area (Å²) >= 11 is 0. The summed E-state index contributed by atoms with van der Waals surface area (Å²) in [5, 5.41) is 11.3. The molecule has 10 nitrogen and oxygen atoms in total. The minimum Gasteiger partial charge on any atom is -0.481 e. The van der Waals surface area contributed by atoms with Crippen LogP contribution in [0.15, 0.2) is 48.5 Å². The predicted octanol–water partition coefficient (Wildman–Crippen LogP) is 4.80. The highest BCUT2D eigenvalue weighted by Crippen LogP contribution is 2.49. The Morgan fingerprint density at radius 1 is 0.912 bits per heavy atom. The highest BCUT2D eigenvalue weighted by Gasteiger charge is 2.25. The summed E-state index contributed by atoms with van der Waals surface area (Å²) in [6, 6.07) is 12.7. The summed E-state index contributed by atoms with van der Waals surface area (Å²) in [5.74, 6) is -1.80. The zero-order chi connectivity index (χ0) is 25.0. The molecule has 1 amide bonds. The van der Waals surface area contributed by atoms with Crippen LogP contribution in [-0.4, -0.2) is 36.2 Å².